The summed E-state index contributed by atoms with van der Waals surface area (Å²) in [5.74, 6) is 0.0687. The standard InChI is InChI=1S/C19H18N4O4S/c1-12-8-13(2)18(15(9-12)23(25)26)20-16(24)11-28-19-22-21-17(27-19)10-14-6-4-3-5-7-14/h3-9H,10-11H2,1-2H3,(H,20,24). The van der Waals surface area contributed by atoms with E-state index >= 15 is 0 Å². The summed E-state index contributed by atoms with van der Waals surface area (Å²) in [6.07, 6.45) is 0.509. The molecule has 8 nitrogen and oxygen atoms in total. The molecular weight excluding hydrogens is 380 g/mol. The predicted molar refractivity (Wildman–Crippen MR) is 105 cm³/mol. The molecule has 1 amide bonds. The van der Waals surface area contributed by atoms with E-state index in [1.165, 1.54) is 6.07 Å². The zero-order chi connectivity index (χ0) is 20.1. The fraction of sp³-hybridized carbons (Fsp3) is 0.211. The van der Waals surface area contributed by atoms with Gasteiger partial charge < -0.3 is 9.73 Å². The number of aromatic nitrogens is 2. The number of rotatable bonds is 7. The van der Waals surface area contributed by atoms with Crippen molar-refractivity contribution in [1.82, 2.24) is 10.2 Å². The number of thioether (sulfide) groups is 1. The summed E-state index contributed by atoms with van der Waals surface area (Å²) in [6, 6.07) is 12.9. The zero-order valence-electron chi connectivity index (χ0n) is 15.3. The number of hydrogen-bond acceptors (Lipinski definition) is 7. The van der Waals surface area contributed by atoms with Crippen LogP contribution in [0, 0.1) is 24.0 Å². The van der Waals surface area contributed by atoms with Crippen LogP contribution in [-0.2, 0) is 11.2 Å². The molecule has 28 heavy (non-hydrogen) atoms. The smallest absolute Gasteiger partial charge is 0.293 e. The van der Waals surface area contributed by atoms with Gasteiger partial charge in [-0.1, -0.05) is 48.2 Å². The van der Waals surface area contributed by atoms with E-state index in [0.717, 1.165) is 22.9 Å². The van der Waals surface area contributed by atoms with E-state index in [-0.39, 0.29) is 28.3 Å². The summed E-state index contributed by atoms with van der Waals surface area (Å²) in [5, 5.41) is 22.0. The molecule has 0 bridgehead atoms. The van der Waals surface area contributed by atoms with Crippen molar-refractivity contribution in [3.05, 3.63) is 75.2 Å². The highest BCUT2D eigenvalue weighted by Gasteiger charge is 2.19. The lowest BCUT2D eigenvalue weighted by atomic mass is 10.1. The Morgan fingerprint density at radius 1 is 1.21 bits per heavy atom. The summed E-state index contributed by atoms with van der Waals surface area (Å²) >= 11 is 1.08. The molecule has 1 N–H and O–H groups in total. The monoisotopic (exact) mass is 398 g/mol. The van der Waals surface area contributed by atoms with Gasteiger partial charge in [0.2, 0.25) is 11.8 Å². The Bertz CT molecular complexity index is 1000. The maximum atomic E-state index is 12.3. The Hall–Kier alpha value is -3.20. The number of amides is 1. The van der Waals surface area contributed by atoms with E-state index in [4.69, 9.17) is 4.42 Å². The molecule has 9 heteroatoms. The van der Waals surface area contributed by atoms with E-state index in [1.54, 1.807) is 19.9 Å². The van der Waals surface area contributed by atoms with Crippen LogP contribution in [0.4, 0.5) is 11.4 Å². The number of nitrogens with zero attached hydrogens (tertiary/aromatic N) is 3. The van der Waals surface area contributed by atoms with Crippen molar-refractivity contribution in [2.24, 2.45) is 0 Å². The van der Waals surface area contributed by atoms with Crippen molar-refractivity contribution < 1.29 is 14.1 Å². The molecule has 0 aliphatic rings. The summed E-state index contributed by atoms with van der Waals surface area (Å²) in [7, 11) is 0. The van der Waals surface area contributed by atoms with Crippen LogP contribution >= 0.6 is 11.8 Å². The minimum absolute atomic E-state index is 0.00254. The van der Waals surface area contributed by atoms with E-state index in [0.29, 0.717) is 17.9 Å². The van der Waals surface area contributed by atoms with Gasteiger partial charge in [-0.3, -0.25) is 14.9 Å². The van der Waals surface area contributed by atoms with Crippen LogP contribution in [0.1, 0.15) is 22.6 Å². The van der Waals surface area contributed by atoms with E-state index in [1.807, 2.05) is 30.3 Å². The lowest BCUT2D eigenvalue weighted by molar-refractivity contribution is -0.384. The Morgan fingerprint density at radius 3 is 2.68 bits per heavy atom. The third-order valence-corrected chi connectivity index (χ3v) is 4.71. The Labute approximate surface area is 165 Å². The van der Waals surface area contributed by atoms with Crippen LogP contribution in [0.5, 0.6) is 0 Å². The lowest BCUT2D eigenvalue weighted by Crippen LogP contribution is -2.16. The molecule has 0 aliphatic heterocycles. The second-order valence-corrected chi connectivity index (χ2v) is 7.12. The summed E-state index contributed by atoms with van der Waals surface area (Å²) in [5.41, 5.74) is 2.51. The molecule has 0 aliphatic carbocycles. The predicted octanol–water partition coefficient (Wildman–Crippen LogP) is 3.92. The molecule has 0 saturated heterocycles. The summed E-state index contributed by atoms with van der Waals surface area (Å²) in [6.45, 7) is 3.49. The Balaban J connectivity index is 1.60. The van der Waals surface area contributed by atoms with Gasteiger partial charge in [-0.25, -0.2) is 0 Å². The molecule has 0 radical (unpaired) electrons. The molecule has 1 aromatic heterocycles. The van der Waals surface area contributed by atoms with Crippen LogP contribution in [0.25, 0.3) is 0 Å². The molecule has 1 heterocycles. The number of anilines is 1. The van der Waals surface area contributed by atoms with Crippen molar-refractivity contribution in [2.75, 3.05) is 11.1 Å². The summed E-state index contributed by atoms with van der Waals surface area (Å²) in [4.78, 5) is 23.0. The SMILES string of the molecule is Cc1cc(C)c(NC(=O)CSc2nnc(Cc3ccccc3)o2)c([N+](=O)[O-])c1. The fourth-order valence-electron chi connectivity index (χ4n) is 2.69. The topological polar surface area (TPSA) is 111 Å². The van der Waals surface area contributed by atoms with Crippen molar-refractivity contribution in [3.63, 3.8) is 0 Å². The van der Waals surface area contributed by atoms with E-state index in [9.17, 15) is 14.9 Å². The van der Waals surface area contributed by atoms with Gasteiger partial charge in [0.1, 0.15) is 5.69 Å². The number of nitrogens with one attached hydrogen (secondary N) is 1. The van der Waals surface area contributed by atoms with Gasteiger partial charge in [0, 0.05) is 6.07 Å². The fourth-order valence-corrected chi connectivity index (χ4v) is 3.27. The first-order chi connectivity index (χ1) is 13.4. The molecule has 3 aromatic rings. The van der Waals surface area contributed by atoms with Crippen molar-refractivity contribution >= 4 is 29.0 Å². The van der Waals surface area contributed by atoms with Gasteiger partial charge >= 0.3 is 0 Å². The minimum Gasteiger partial charge on any atom is -0.416 e. The average molecular weight is 398 g/mol. The molecule has 144 valence electrons. The van der Waals surface area contributed by atoms with Crippen LogP contribution in [0.15, 0.2) is 52.1 Å². The molecular formula is C19H18N4O4S. The first-order valence-corrected chi connectivity index (χ1v) is 9.45. The molecule has 0 saturated carbocycles. The molecule has 0 spiro atoms. The number of hydrogen-bond donors (Lipinski definition) is 1. The third-order valence-electron chi connectivity index (χ3n) is 3.89. The zero-order valence-corrected chi connectivity index (χ0v) is 16.2. The molecule has 0 atom stereocenters. The van der Waals surface area contributed by atoms with Crippen LogP contribution in [-0.4, -0.2) is 26.8 Å². The highest BCUT2D eigenvalue weighted by Crippen LogP contribution is 2.30. The van der Waals surface area contributed by atoms with Gasteiger partial charge in [-0.05, 0) is 30.5 Å². The molecule has 2 aromatic carbocycles. The third kappa shape index (κ3) is 4.95. The molecule has 3 rings (SSSR count). The maximum absolute atomic E-state index is 12.3. The van der Waals surface area contributed by atoms with Gasteiger partial charge in [-0.15, -0.1) is 10.2 Å². The van der Waals surface area contributed by atoms with Gasteiger partial charge in [0.15, 0.2) is 0 Å². The number of carbonyl (C=O) groups is 1. The number of nitro benzene ring substituents is 1. The van der Waals surface area contributed by atoms with Gasteiger partial charge in [-0.2, -0.15) is 0 Å². The second-order valence-electron chi connectivity index (χ2n) is 6.19. The maximum Gasteiger partial charge on any atom is 0.293 e. The normalized spacial score (nSPS) is 10.6. The quantitative estimate of drug-likeness (QED) is 0.365. The van der Waals surface area contributed by atoms with Crippen molar-refractivity contribution in [1.29, 1.82) is 0 Å². The van der Waals surface area contributed by atoms with Crippen LogP contribution < -0.4 is 5.32 Å². The van der Waals surface area contributed by atoms with Crippen molar-refractivity contribution in [2.45, 2.75) is 25.5 Å². The Morgan fingerprint density at radius 2 is 1.96 bits per heavy atom. The van der Waals surface area contributed by atoms with Gasteiger partial charge in [0.25, 0.3) is 10.9 Å². The van der Waals surface area contributed by atoms with Crippen molar-refractivity contribution in [3.8, 4) is 0 Å². The molecule has 0 unspecified atom stereocenters. The largest absolute Gasteiger partial charge is 0.416 e. The summed E-state index contributed by atoms with van der Waals surface area (Å²) < 4.78 is 5.54. The van der Waals surface area contributed by atoms with E-state index in [2.05, 4.69) is 15.5 Å². The highest BCUT2D eigenvalue weighted by molar-refractivity contribution is 7.99. The first kappa shape index (κ1) is 19.6. The van der Waals surface area contributed by atoms with Gasteiger partial charge in [0.05, 0.1) is 17.1 Å². The van der Waals surface area contributed by atoms with Crippen LogP contribution in [0.3, 0.4) is 0 Å². The number of nitro groups is 1. The second kappa shape index (κ2) is 8.66. The highest BCUT2D eigenvalue weighted by atomic mass is 32.2. The lowest BCUT2D eigenvalue weighted by Gasteiger charge is -2.09. The number of aryl methyl sites for hydroxylation is 2. The number of carbonyl (C=O) groups excluding carboxylic acids is 1. The number of benzene rings is 2. The van der Waals surface area contributed by atoms with E-state index < -0.39 is 4.92 Å². The van der Waals surface area contributed by atoms with Crippen LogP contribution in [0.2, 0.25) is 0 Å². The minimum atomic E-state index is -0.503. The average Bonchev–Trinajstić information content (AvgIpc) is 3.10. The Kier molecular flexibility index (Phi) is 6.05. The first-order valence-electron chi connectivity index (χ1n) is 8.47. The molecule has 0 fully saturated rings.